The first-order valence-electron chi connectivity index (χ1n) is 9.21. The van der Waals surface area contributed by atoms with Crippen LogP contribution < -0.4 is 0 Å². The number of para-hydroxylation sites is 1. The van der Waals surface area contributed by atoms with Gasteiger partial charge in [0.25, 0.3) is 0 Å². The van der Waals surface area contributed by atoms with E-state index in [1.165, 1.54) is 4.90 Å². The molecule has 0 aliphatic carbocycles. The quantitative estimate of drug-likeness (QED) is 0.609. The van der Waals surface area contributed by atoms with Crippen molar-refractivity contribution >= 4 is 27.5 Å². The van der Waals surface area contributed by atoms with E-state index in [2.05, 4.69) is 4.98 Å². The van der Waals surface area contributed by atoms with E-state index in [4.69, 9.17) is 0 Å². The zero-order chi connectivity index (χ0) is 21.1. The first kappa shape index (κ1) is 21.3. The summed E-state index contributed by atoms with van der Waals surface area (Å²) >= 11 is 0.751. The molecule has 1 heterocycles. The number of benzene rings is 2. The summed E-state index contributed by atoms with van der Waals surface area (Å²) in [6.45, 7) is 2.22. The fourth-order valence-electron chi connectivity index (χ4n) is 3.04. The Morgan fingerprint density at radius 3 is 2.38 bits per heavy atom. The molecule has 0 aliphatic heterocycles. The monoisotopic (exact) mass is 422 g/mol. The summed E-state index contributed by atoms with van der Waals surface area (Å²) in [6.07, 6.45) is -5.61. The van der Waals surface area contributed by atoms with E-state index in [0.29, 0.717) is 16.6 Å². The molecule has 0 bridgehead atoms. The number of rotatable bonds is 7. The minimum atomic E-state index is -5.03. The van der Waals surface area contributed by atoms with Crippen molar-refractivity contribution in [2.45, 2.75) is 31.5 Å². The molecule has 0 fully saturated rings. The number of alkyl halides is 3. The Balaban J connectivity index is 1.82. The highest BCUT2D eigenvalue weighted by atomic mass is 32.1. The third-order valence-corrected chi connectivity index (χ3v) is 5.96. The van der Waals surface area contributed by atoms with Gasteiger partial charge in [-0.25, -0.2) is 4.98 Å². The number of carbonyl (C=O) groups excluding carboxylic acids is 1. The van der Waals surface area contributed by atoms with Crippen LogP contribution in [0.4, 0.5) is 13.2 Å². The fraction of sp³-hybridized carbons (Fsp3) is 0.333. The standard InChI is InChI=1S/C21H21F3N2O2S/c1-2-26(13-12-15-8-4-3-5-9-15)18(27)14-20(28,21(22,23)24)19-25-16-10-6-7-11-17(16)29-19/h3-11,28H,2,12-14H2,1H3. The number of aromatic nitrogens is 1. The van der Waals surface area contributed by atoms with Crippen molar-refractivity contribution in [1.29, 1.82) is 0 Å². The highest BCUT2D eigenvalue weighted by Crippen LogP contribution is 2.44. The Hall–Kier alpha value is -2.45. The average molecular weight is 422 g/mol. The van der Waals surface area contributed by atoms with Gasteiger partial charge in [0.2, 0.25) is 11.5 Å². The van der Waals surface area contributed by atoms with Crippen LogP contribution in [0.2, 0.25) is 0 Å². The van der Waals surface area contributed by atoms with E-state index in [1.54, 1.807) is 31.2 Å². The number of nitrogens with zero attached hydrogens (tertiary/aromatic N) is 2. The van der Waals surface area contributed by atoms with E-state index in [1.807, 2.05) is 30.3 Å². The Labute approximate surface area is 170 Å². The third kappa shape index (κ3) is 4.59. The van der Waals surface area contributed by atoms with Gasteiger partial charge < -0.3 is 10.0 Å². The lowest BCUT2D eigenvalue weighted by atomic mass is 9.98. The number of carbonyl (C=O) groups is 1. The van der Waals surface area contributed by atoms with Gasteiger partial charge >= 0.3 is 6.18 Å². The molecule has 1 amide bonds. The van der Waals surface area contributed by atoms with Gasteiger partial charge in [0, 0.05) is 13.1 Å². The summed E-state index contributed by atoms with van der Waals surface area (Å²) in [5.74, 6) is -0.762. The molecule has 0 radical (unpaired) electrons. The van der Waals surface area contributed by atoms with Gasteiger partial charge in [-0.3, -0.25) is 4.79 Å². The molecule has 3 aromatic rings. The van der Waals surface area contributed by atoms with Crippen molar-refractivity contribution in [2.75, 3.05) is 13.1 Å². The lowest BCUT2D eigenvalue weighted by molar-refractivity contribution is -0.268. The van der Waals surface area contributed by atoms with Crippen molar-refractivity contribution in [3.63, 3.8) is 0 Å². The van der Waals surface area contributed by atoms with Crippen molar-refractivity contribution < 1.29 is 23.1 Å². The largest absolute Gasteiger partial charge is 0.424 e. The highest BCUT2D eigenvalue weighted by molar-refractivity contribution is 7.18. The van der Waals surface area contributed by atoms with E-state index < -0.39 is 29.1 Å². The molecular formula is C21H21F3N2O2S. The molecule has 0 spiro atoms. The van der Waals surface area contributed by atoms with Gasteiger partial charge in [-0.05, 0) is 31.0 Å². The molecule has 154 valence electrons. The summed E-state index contributed by atoms with van der Waals surface area (Å²) in [4.78, 5) is 18.0. The summed E-state index contributed by atoms with van der Waals surface area (Å²) in [7, 11) is 0. The maximum Gasteiger partial charge on any atom is 0.424 e. The fourth-order valence-corrected chi connectivity index (χ4v) is 4.12. The number of likely N-dealkylation sites (N-methyl/N-ethyl adjacent to an activating group) is 1. The first-order valence-corrected chi connectivity index (χ1v) is 10.0. The molecule has 4 nitrogen and oxygen atoms in total. The van der Waals surface area contributed by atoms with Gasteiger partial charge in [-0.2, -0.15) is 13.2 Å². The molecule has 1 aromatic heterocycles. The van der Waals surface area contributed by atoms with Gasteiger partial charge in [-0.15, -0.1) is 11.3 Å². The van der Waals surface area contributed by atoms with Gasteiger partial charge in [0.05, 0.1) is 16.6 Å². The van der Waals surface area contributed by atoms with Crippen molar-refractivity contribution in [1.82, 2.24) is 9.88 Å². The van der Waals surface area contributed by atoms with Gasteiger partial charge in [0.15, 0.2) is 0 Å². The van der Waals surface area contributed by atoms with E-state index >= 15 is 0 Å². The van der Waals surface area contributed by atoms with Crippen LogP contribution in [0, 0.1) is 0 Å². The summed E-state index contributed by atoms with van der Waals surface area (Å²) in [5.41, 5.74) is -1.98. The number of hydrogen-bond donors (Lipinski definition) is 1. The molecule has 8 heteroatoms. The molecule has 0 aliphatic rings. The van der Waals surface area contributed by atoms with Crippen LogP contribution in [0.25, 0.3) is 10.2 Å². The van der Waals surface area contributed by atoms with Crippen LogP contribution in [0.3, 0.4) is 0 Å². The average Bonchev–Trinajstić information content (AvgIpc) is 3.13. The van der Waals surface area contributed by atoms with Crippen LogP contribution in [0.15, 0.2) is 54.6 Å². The van der Waals surface area contributed by atoms with Crippen molar-refractivity contribution in [3.8, 4) is 0 Å². The second kappa shape index (κ2) is 8.51. The minimum Gasteiger partial charge on any atom is -0.374 e. The Kier molecular flexibility index (Phi) is 6.24. The number of amides is 1. The zero-order valence-electron chi connectivity index (χ0n) is 15.8. The van der Waals surface area contributed by atoms with E-state index in [9.17, 15) is 23.1 Å². The van der Waals surface area contributed by atoms with Crippen molar-refractivity contribution in [2.24, 2.45) is 0 Å². The molecule has 1 atom stereocenters. The number of thiazole rings is 1. The first-order chi connectivity index (χ1) is 13.7. The summed E-state index contributed by atoms with van der Waals surface area (Å²) in [5, 5.41) is 10.1. The maximum absolute atomic E-state index is 13.8. The van der Waals surface area contributed by atoms with E-state index in [0.717, 1.165) is 16.9 Å². The highest BCUT2D eigenvalue weighted by Gasteiger charge is 2.58. The van der Waals surface area contributed by atoms with Crippen LogP contribution >= 0.6 is 11.3 Å². The smallest absolute Gasteiger partial charge is 0.374 e. The lowest BCUT2D eigenvalue weighted by Gasteiger charge is -2.30. The number of hydrogen-bond acceptors (Lipinski definition) is 4. The molecular weight excluding hydrogens is 401 g/mol. The Morgan fingerprint density at radius 1 is 1.10 bits per heavy atom. The predicted octanol–water partition coefficient (Wildman–Crippen LogP) is 4.53. The second-order valence-electron chi connectivity index (χ2n) is 6.73. The summed E-state index contributed by atoms with van der Waals surface area (Å²) < 4.78 is 42.1. The van der Waals surface area contributed by atoms with Crippen LogP contribution in [0.5, 0.6) is 0 Å². The van der Waals surface area contributed by atoms with Crippen LogP contribution in [-0.4, -0.2) is 40.2 Å². The molecule has 29 heavy (non-hydrogen) atoms. The molecule has 0 saturated carbocycles. The van der Waals surface area contributed by atoms with Crippen LogP contribution in [-0.2, 0) is 16.8 Å². The Bertz CT molecular complexity index is 942. The SMILES string of the molecule is CCN(CCc1ccccc1)C(=O)CC(O)(c1nc2ccccc2s1)C(F)(F)F. The molecule has 2 aromatic carbocycles. The number of fused-ring (bicyclic) bond motifs is 1. The second-order valence-corrected chi connectivity index (χ2v) is 7.76. The van der Waals surface area contributed by atoms with Crippen LogP contribution in [0.1, 0.15) is 23.9 Å². The molecule has 0 saturated heterocycles. The number of halogens is 3. The maximum atomic E-state index is 13.8. The normalized spacial score (nSPS) is 14.0. The minimum absolute atomic E-state index is 0.249. The predicted molar refractivity (Wildman–Crippen MR) is 107 cm³/mol. The Morgan fingerprint density at radius 2 is 1.76 bits per heavy atom. The molecule has 3 rings (SSSR count). The van der Waals surface area contributed by atoms with E-state index in [-0.39, 0.29) is 13.1 Å². The lowest BCUT2D eigenvalue weighted by Crippen LogP contribution is -2.47. The van der Waals surface area contributed by atoms with Gasteiger partial charge in [-0.1, -0.05) is 42.5 Å². The van der Waals surface area contributed by atoms with Crippen molar-refractivity contribution in [3.05, 3.63) is 65.2 Å². The number of aliphatic hydroxyl groups is 1. The zero-order valence-corrected chi connectivity index (χ0v) is 16.6. The van der Waals surface area contributed by atoms with Gasteiger partial charge in [0.1, 0.15) is 5.01 Å². The summed E-state index contributed by atoms with van der Waals surface area (Å²) in [6, 6.07) is 15.9. The third-order valence-electron chi connectivity index (χ3n) is 4.77. The molecule has 1 unspecified atom stereocenters. The molecule has 1 N–H and O–H groups in total. The topological polar surface area (TPSA) is 53.4 Å².